The quantitative estimate of drug-likeness (QED) is 0.931. The smallest absolute Gasteiger partial charge is 0.227 e. The first-order chi connectivity index (χ1) is 11.2. The van der Waals surface area contributed by atoms with E-state index in [2.05, 4.69) is 4.98 Å². The molecule has 0 radical (unpaired) electrons. The standard InChI is InChI=1S/C17H20N2O3S/c20-15-5-8-19(17(21)11-14-4-2-10-23-14)9-6-16(15)22-13-3-1-7-18-12-13/h1-4,7,10,12,15-16,20H,5-6,8-9,11H2/t15-,16-/m0/s1. The summed E-state index contributed by atoms with van der Waals surface area (Å²) in [5.74, 6) is 0.761. The summed E-state index contributed by atoms with van der Waals surface area (Å²) < 4.78 is 5.83. The number of rotatable bonds is 4. The Balaban J connectivity index is 1.58. The predicted octanol–water partition coefficient (Wildman–Crippen LogP) is 2.12. The van der Waals surface area contributed by atoms with Gasteiger partial charge in [-0.1, -0.05) is 6.07 Å². The lowest BCUT2D eigenvalue weighted by Crippen LogP contribution is -2.33. The minimum Gasteiger partial charge on any atom is -0.486 e. The van der Waals surface area contributed by atoms with E-state index in [0.29, 0.717) is 38.1 Å². The number of pyridine rings is 1. The van der Waals surface area contributed by atoms with E-state index in [-0.39, 0.29) is 12.0 Å². The van der Waals surface area contributed by atoms with Gasteiger partial charge in [0.1, 0.15) is 11.9 Å². The average Bonchev–Trinajstić information content (AvgIpc) is 3.00. The van der Waals surface area contributed by atoms with Crippen molar-refractivity contribution in [1.29, 1.82) is 0 Å². The van der Waals surface area contributed by atoms with E-state index in [4.69, 9.17) is 4.74 Å². The van der Waals surface area contributed by atoms with Gasteiger partial charge in [-0.3, -0.25) is 9.78 Å². The highest BCUT2D eigenvalue weighted by Crippen LogP contribution is 2.20. The largest absolute Gasteiger partial charge is 0.486 e. The third kappa shape index (κ3) is 4.30. The second-order valence-electron chi connectivity index (χ2n) is 5.63. The first-order valence-electron chi connectivity index (χ1n) is 7.77. The summed E-state index contributed by atoms with van der Waals surface area (Å²) in [6.45, 7) is 1.17. The molecule has 0 saturated carbocycles. The summed E-state index contributed by atoms with van der Waals surface area (Å²) in [6, 6.07) is 7.56. The molecule has 1 saturated heterocycles. The van der Waals surface area contributed by atoms with E-state index in [1.807, 2.05) is 28.5 Å². The van der Waals surface area contributed by atoms with Gasteiger partial charge in [-0.05, 0) is 30.0 Å². The van der Waals surface area contributed by atoms with Crippen LogP contribution in [-0.4, -0.2) is 46.2 Å². The van der Waals surface area contributed by atoms with Crippen LogP contribution in [0.5, 0.6) is 5.75 Å². The van der Waals surface area contributed by atoms with Crippen molar-refractivity contribution in [1.82, 2.24) is 9.88 Å². The van der Waals surface area contributed by atoms with Gasteiger partial charge in [0.15, 0.2) is 0 Å². The molecular weight excluding hydrogens is 312 g/mol. The van der Waals surface area contributed by atoms with Crippen LogP contribution in [0.4, 0.5) is 0 Å². The number of aliphatic hydroxyl groups is 1. The zero-order valence-corrected chi connectivity index (χ0v) is 13.6. The lowest BCUT2D eigenvalue weighted by Gasteiger charge is -2.21. The molecule has 1 fully saturated rings. The molecule has 1 N–H and O–H groups in total. The Morgan fingerprint density at radius 2 is 2.22 bits per heavy atom. The zero-order valence-electron chi connectivity index (χ0n) is 12.8. The first kappa shape index (κ1) is 16.0. The van der Waals surface area contributed by atoms with Gasteiger partial charge in [-0.15, -0.1) is 11.3 Å². The summed E-state index contributed by atoms with van der Waals surface area (Å²) in [6.07, 6.45) is 4.02. The fourth-order valence-electron chi connectivity index (χ4n) is 2.71. The number of amides is 1. The average molecular weight is 332 g/mol. The fourth-order valence-corrected chi connectivity index (χ4v) is 3.41. The number of likely N-dealkylation sites (tertiary alicyclic amines) is 1. The summed E-state index contributed by atoms with van der Waals surface area (Å²) in [4.78, 5) is 19.3. The molecule has 1 aliphatic heterocycles. The lowest BCUT2D eigenvalue weighted by atomic mass is 10.1. The van der Waals surface area contributed by atoms with Crippen LogP contribution in [-0.2, 0) is 11.2 Å². The summed E-state index contributed by atoms with van der Waals surface area (Å²) in [5.41, 5.74) is 0. The van der Waals surface area contributed by atoms with Gasteiger partial charge in [-0.25, -0.2) is 0 Å². The maximum atomic E-state index is 12.4. The van der Waals surface area contributed by atoms with Crippen LogP contribution in [0.25, 0.3) is 0 Å². The molecule has 2 aromatic heterocycles. The molecule has 0 unspecified atom stereocenters. The Hall–Kier alpha value is -1.92. The highest BCUT2D eigenvalue weighted by atomic mass is 32.1. The van der Waals surface area contributed by atoms with Gasteiger partial charge in [0.2, 0.25) is 5.91 Å². The molecule has 0 aliphatic carbocycles. The van der Waals surface area contributed by atoms with Crippen molar-refractivity contribution < 1.29 is 14.6 Å². The molecule has 0 aromatic carbocycles. The number of aromatic nitrogens is 1. The molecular formula is C17H20N2O3S. The van der Waals surface area contributed by atoms with Crippen LogP contribution >= 0.6 is 11.3 Å². The summed E-state index contributed by atoms with van der Waals surface area (Å²) in [5, 5.41) is 12.3. The molecule has 2 atom stereocenters. The number of hydrogen-bond donors (Lipinski definition) is 1. The molecule has 3 heterocycles. The molecule has 0 bridgehead atoms. The van der Waals surface area contributed by atoms with Crippen molar-refractivity contribution >= 4 is 17.2 Å². The van der Waals surface area contributed by atoms with E-state index in [1.165, 1.54) is 0 Å². The SMILES string of the molecule is O=C(Cc1cccs1)N1CC[C@H](Oc2cccnc2)[C@@H](O)CC1. The van der Waals surface area contributed by atoms with Crippen LogP contribution in [0.2, 0.25) is 0 Å². The molecule has 122 valence electrons. The minimum absolute atomic E-state index is 0.113. The van der Waals surface area contributed by atoms with Crippen LogP contribution in [0.3, 0.4) is 0 Å². The molecule has 23 heavy (non-hydrogen) atoms. The molecule has 1 amide bonds. The molecule has 6 heteroatoms. The number of nitrogens with zero attached hydrogens (tertiary/aromatic N) is 2. The molecule has 0 spiro atoms. The van der Waals surface area contributed by atoms with E-state index in [9.17, 15) is 9.90 Å². The van der Waals surface area contributed by atoms with Crippen molar-refractivity contribution in [2.75, 3.05) is 13.1 Å². The third-order valence-corrected chi connectivity index (χ3v) is 4.86. The van der Waals surface area contributed by atoms with Crippen LogP contribution in [0.1, 0.15) is 17.7 Å². The van der Waals surface area contributed by atoms with Crippen LogP contribution in [0, 0.1) is 0 Å². The normalized spacial score (nSPS) is 21.7. The van der Waals surface area contributed by atoms with E-state index in [0.717, 1.165) is 4.88 Å². The summed E-state index contributed by atoms with van der Waals surface area (Å²) in [7, 11) is 0. The minimum atomic E-state index is -0.574. The van der Waals surface area contributed by atoms with Gasteiger partial charge in [0.25, 0.3) is 0 Å². The van der Waals surface area contributed by atoms with Gasteiger partial charge in [0.05, 0.1) is 18.7 Å². The Labute approximate surface area is 139 Å². The fraction of sp³-hybridized carbons (Fsp3) is 0.412. The number of carbonyl (C=O) groups is 1. The van der Waals surface area contributed by atoms with Gasteiger partial charge >= 0.3 is 0 Å². The zero-order chi connectivity index (χ0) is 16.1. The van der Waals surface area contributed by atoms with Crippen LogP contribution < -0.4 is 4.74 Å². The topological polar surface area (TPSA) is 62.7 Å². The molecule has 2 aromatic rings. The van der Waals surface area contributed by atoms with Crippen molar-refractivity contribution in [3.63, 3.8) is 0 Å². The van der Waals surface area contributed by atoms with E-state index >= 15 is 0 Å². The maximum Gasteiger partial charge on any atom is 0.227 e. The Morgan fingerprint density at radius 3 is 2.96 bits per heavy atom. The van der Waals surface area contributed by atoms with E-state index < -0.39 is 6.10 Å². The van der Waals surface area contributed by atoms with Crippen molar-refractivity contribution in [3.8, 4) is 5.75 Å². The number of carbonyl (C=O) groups excluding carboxylic acids is 1. The van der Waals surface area contributed by atoms with Gasteiger partial charge in [0, 0.05) is 30.6 Å². The monoisotopic (exact) mass is 332 g/mol. The van der Waals surface area contributed by atoms with Crippen molar-refractivity contribution in [2.24, 2.45) is 0 Å². The predicted molar refractivity (Wildman–Crippen MR) is 88.5 cm³/mol. The van der Waals surface area contributed by atoms with Crippen LogP contribution in [0.15, 0.2) is 42.0 Å². The first-order valence-corrected chi connectivity index (χ1v) is 8.65. The highest BCUT2D eigenvalue weighted by molar-refractivity contribution is 7.10. The summed E-state index contributed by atoms with van der Waals surface area (Å²) >= 11 is 1.59. The van der Waals surface area contributed by atoms with Crippen molar-refractivity contribution in [2.45, 2.75) is 31.5 Å². The Bertz CT molecular complexity index is 618. The van der Waals surface area contributed by atoms with E-state index in [1.54, 1.807) is 29.8 Å². The number of ether oxygens (including phenoxy) is 1. The molecule has 3 rings (SSSR count). The Kier molecular flexibility index (Phi) is 5.25. The van der Waals surface area contributed by atoms with Crippen molar-refractivity contribution in [3.05, 3.63) is 46.9 Å². The molecule has 5 nitrogen and oxygen atoms in total. The second kappa shape index (κ2) is 7.57. The third-order valence-electron chi connectivity index (χ3n) is 3.99. The number of hydrogen-bond acceptors (Lipinski definition) is 5. The van der Waals surface area contributed by atoms with Gasteiger partial charge in [-0.2, -0.15) is 0 Å². The molecule has 1 aliphatic rings. The number of aliphatic hydroxyl groups excluding tert-OH is 1. The number of thiophene rings is 1. The second-order valence-corrected chi connectivity index (χ2v) is 6.66. The highest BCUT2D eigenvalue weighted by Gasteiger charge is 2.28. The maximum absolute atomic E-state index is 12.4. The lowest BCUT2D eigenvalue weighted by molar-refractivity contribution is -0.130. The van der Waals surface area contributed by atoms with Gasteiger partial charge < -0.3 is 14.7 Å². The Morgan fingerprint density at radius 1 is 1.35 bits per heavy atom.